The first-order chi connectivity index (χ1) is 8.50. The van der Waals surface area contributed by atoms with Gasteiger partial charge in [0, 0.05) is 19.8 Å². The number of hydrogen-bond donors (Lipinski definition) is 1. The van der Waals surface area contributed by atoms with E-state index in [-0.39, 0.29) is 19.1 Å². The van der Waals surface area contributed by atoms with Gasteiger partial charge in [-0.2, -0.15) is 0 Å². The monoisotopic (exact) mass is 252 g/mol. The van der Waals surface area contributed by atoms with E-state index < -0.39 is 11.9 Å². The summed E-state index contributed by atoms with van der Waals surface area (Å²) in [6.45, 7) is 1.58. The maximum Gasteiger partial charge on any atom is 0.308 e. The van der Waals surface area contributed by atoms with E-state index in [1.807, 2.05) is 0 Å². The normalized spacial score (nSPS) is 11.7. The summed E-state index contributed by atoms with van der Waals surface area (Å²) in [5.74, 6) is -1.29. The van der Waals surface area contributed by atoms with Gasteiger partial charge in [0.05, 0.1) is 12.1 Å². The fraction of sp³-hybridized carbons (Fsp3) is 0.417. The summed E-state index contributed by atoms with van der Waals surface area (Å²) in [6.07, 6.45) is 3.11. The summed E-state index contributed by atoms with van der Waals surface area (Å²) < 4.78 is 5.23. The topological polar surface area (TPSA) is 79.7 Å². The molecule has 0 saturated heterocycles. The minimum Gasteiger partial charge on any atom is -0.482 e. The van der Waals surface area contributed by atoms with Crippen molar-refractivity contribution in [2.45, 2.75) is 6.92 Å². The number of aromatic nitrogens is 1. The van der Waals surface area contributed by atoms with E-state index in [1.165, 1.54) is 11.1 Å². The SMILES string of the molecule is CC(CN(C)C(=O)COc1cccnc1)C(=O)O. The first-order valence-corrected chi connectivity index (χ1v) is 5.50. The van der Waals surface area contributed by atoms with Gasteiger partial charge in [-0.25, -0.2) is 0 Å². The number of ether oxygens (including phenoxy) is 1. The van der Waals surface area contributed by atoms with Gasteiger partial charge in [0.15, 0.2) is 6.61 Å². The average molecular weight is 252 g/mol. The number of amides is 1. The zero-order valence-corrected chi connectivity index (χ0v) is 10.4. The zero-order valence-electron chi connectivity index (χ0n) is 10.4. The highest BCUT2D eigenvalue weighted by atomic mass is 16.5. The van der Waals surface area contributed by atoms with Crippen LogP contribution in [-0.2, 0) is 9.59 Å². The van der Waals surface area contributed by atoms with Crippen LogP contribution in [0.3, 0.4) is 0 Å². The Morgan fingerprint density at radius 2 is 2.28 bits per heavy atom. The molecular weight excluding hydrogens is 236 g/mol. The molecule has 1 amide bonds. The molecule has 1 unspecified atom stereocenters. The second kappa shape index (κ2) is 6.58. The summed E-state index contributed by atoms with van der Waals surface area (Å²) in [4.78, 5) is 27.5. The van der Waals surface area contributed by atoms with Gasteiger partial charge in [0.1, 0.15) is 5.75 Å². The van der Waals surface area contributed by atoms with E-state index in [2.05, 4.69) is 4.98 Å². The lowest BCUT2D eigenvalue weighted by molar-refractivity contribution is -0.143. The molecule has 0 aliphatic rings. The van der Waals surface area contributed by atoms with Gasteiger partial charge < -0.3 is 14.7 Å². The average Bonchev–Trinajstić information content (AvgIpc) is 2.36. The molecular formula is C12H16N2O4. The molecule has 6 heteroatoms. The highest BCUT2D eigenvalue weighted by molar-refractivity contribution is 5.78. The summed E-state index contributed by atoms with van der Waals surface area (Å²) in [7, 11) is 1.55. The second-order valence-electron chi connectivity index (χ2n) is 3.99. The van der Waals surface area contributed by atoms with Crippen LogP contribution in [-0.4, -0.2) is 47.1 Å². The van der Waals surface area contributed by atoms with E-state index >= 15 is 0 Å². The van der Waals surface area contributed by atoms with E-state index in [9.17, 15) is 9.59 Å². The van der Waals surface area contributed by atoms with Crippen molar-refractivity contribution >= 4 is 11.9 Å². The molecule has 0 spiro atoms. The number of carboxylic acid groups (broad SMARTS) is 1. The van der Waals surface area contributed by atoms with Crippen LogP contribution >= 0.6 is 0 Å². The third-order valence-electron chi connectivity index (χ3n) is 2.39. The lowest BCUT2D eigenvalue weighted by Gasteiger charge is -2.19. The molecule has 1 rings (SSSR count). The van der Waals surface area contributed by atoms with Crippen molar-refractivity contribution in [3.63, 3.8) is 0 Å². The Morgan fingerprint density at radius 1 is 1.56 bits per heavy atom. The van der Waals surface area contributed by atoms with Gasteiger partial charge >= 0.3 is 5.97 Å². The first kappa shape index (κ1) is 14.0. The molecule has 0 aromatic carbocycles. The highest BCUT2D eigenvalue weighted by Crippen LogP contribution is 2.06. The van der Waals surface area contributed by atoms with Crippen LogP contribution < -0.4 is 4.74 Å². The largest absolute Gasteiger partial charge is 0.482 e. The van der Waals surface area contributed by atoms with E-state index in [0.717, 1.165) is 0 Å². The summed E-state index contributed by atoms with van der Waals surface area (Å²) in [5, 5.41) is 8.74. The van der Waals surface area contributed by atoms with E-state index in [4.69, 9.17) is 9.84 Å². The Kier molecular flexibility index (Phi) is 5.10. The number of carbonyl (C=O) groups excluding carboxylic acids is 1. The molecule has 0 fully saturated rings. The van der Waals surface area contributed by atoms with Crippen molar-refractivity contribution < 1.29 is 19.4 Å². The standard InChI is InChI=1S/C12H16N2O4/c1-9(12(16)17)7-14(2)11(15)8-18-10-4-3-5-13-6-10/h3-6,9H,7-8H2,1-2H3,(H,16,17). The lowest BCUT2D eigenvalue weighted by Crippen LogP contribution is -2.36. The molecule has 1 atom stereocenters. The maximum absolute atomic E-state index is 11.7. The van der Waals surface area contributed by atoms with Gasteiger partial charge in [0.2, 0.25) is 0 Å². The van der Waals surface area contributed by atoms with Crippen LogP contribution in [0.5, 0.6) is 5.75 Å². The van der Waals surface area contributed by atoms with Gasteiger partial charge in [-0.15, -0.1) is 0 Å². The van der Waals surface area contributed by atoms with Crippen LogP contribution in [0.15, 0.2) is 24.5 Å². The number of carbonyl (C=O) groups is 2. The number of carboxylic acids is 1. The van der Waals surface area contributed by atoms with Crippen molar-refractivity contribution in [2.24, 2.45) is 5.92 Å². The smallest absolute Gasteiger partial charge is 0.308 e. The quantitative estimate of drug-likeness (QED) is 0.803. The van der Waals surface area contributed by atoms with Crippen LogP contribution in [0.1, 0.15) is 6.92 Å². The third kappa shape index (κ3) is 4.40. The molecule has 1 heterocycles. The van der Waals surface area contributed by atoms with Crippen LogP contribution in [0.25, 0.3) is 0 Å². The third-order valence-corrected chi connectivity index (χ3v) is 2.39. The number of aliphatic carboxylic acids is 1. The predicted octanol–water partition coefficient (Wildman–Crippen LogP) is 0.640. The molecule has 98 valence electrons. The van der Waals surface area contributed by atoms with Crippen molar-refractivity contribution in [1.29, 1.82) is 0 Å². The Hall–Kier alpha value is -2.11. The van der Waals surface area contributed by atoms with Gasteiger partial charge in [-0.1, -0.05) is 6.92 Å². The summed E-state index contributed by atoms with van der Waals surface area (Å²) in [5.41, 5.74) is 0. The lowest BCUT2D eigenvalue weighted by atomic mass is 10.2. The van der Waals surface area contributed by atoms with Crippen LogP contribution in [0.4, 0.5) is 0 Å². The molecule has 1 aromatic heterocycles. The number of nitrogens with zero attached hydrogens (tertiary/aromatic N) is 2. The zero-order chi connectivity index (χ0) is 13.5. The van der Waals surface area contributed by atoms with Crippen molar-refractivity contribution in [2.75, 3.05) is 20.2 Å². The first-order valence-electron chi connectivity index (χ1n) is 5.50. The fourth-order valence-electron chi connectivity index (χ4n) is 1.28. The molecule has 1 aromatic rings. The number of pyridine rings is 1. The Labute approximate surface area is 105 Å². The minimum absolute atomic E-state index is 0.130. The molecule has 18 heavy (non-hydrogen) atoms. The molecule has 6 nitrogen and oxygen atoms in total. The molecule has 0 saturated carbocycles. The number of hydrogen-bond acceptors (Lipinski definition) is 4. The Bertz CT molecular complexity index is 408. The van der Waals surface area contributed by atoms with E-state index in [1.54, 1.807) is 32.3 Å². The molecule has 1 N–H and O–H groups in total. The van der Waals surface area contributed by atoms with Crippen molar-refractivity contribution in [3.8, 4) is 5.75 Å². The highest BCUT2D eigenvalue weighted by Gasteiger charge is 2.17. The summed E-state index contributed by atoms with van der Waals surface area (Å²) >= 11 is 0. The predicted molar refractivity (Wildman–Crippen MR) is 64.2 cm³/mol. The van der Waals surface area contributed by atoms with Crippen molar-refractivity contribution in [1.82, 2.24) is 9.88 Å². The molecule has 0 bridgehead atoms. The number of rotatable bonds is 6. The number of likely N-dealkylation sites (N-methyl/N-ethyl adjacent to an activating group) is 1. The van der Waals surface area contributed by atoms with Gasteiger partial charge in [-0.3, -0.25) is 14.6 Å². The molecule has 0 aliphatic heterocycles. The van der Waals surface area contributed by atoms with Crippen LogP contribution in [0, 0.1) is 5.92 Å². The van der Waals surface area contributed by atoms with Gasteiger partial charge in [-0.05, 0) is 12.1 Å². The molecule has 0 aliphatic carbocycles. The summed E-state index contributed by atoms with van der Waals surface area (Å²) in [6, 6.07) is 3.40. The molecule has 0 radical (unpaired) electrons. The van der Waals surface area contributed by atoms with Crippen LogP contribution in [0.2, 0.25) is 0 Å². The minimum atomic E-state index is -0.928. The Balaban J connectivity index is 2.39. The fourth-order valence-corrected chi connectivity index (χ4v) is 1.28. The Morgan fingerprint density at radius 3 is 2.83 bits per heavy atom. The maximum atomic E-state index is 11.7. The second-order valence-corrected chi connectivity index (χ2v) is 3.99. The van der Waals surface area contributed by atoms with E-state index in [0.29, 0.717) is 5.75 Å². The van der Waals surface area contributed by atoms with Crippen molar-refractivity contribution in [3.05, 3.63) is 24.5 Å². The van der Waals surface area contributed by atoms with Gasteiger partial charge in [0.25, 0.3) is 5.91 Å².